The minimum absolute atomic E-state index is 0.0621. The summed E-state index contributed by atoms with van der Waals surface area (Å²) in [5.41, 5.74) is 3.72. The highest BCUT2D eigenvalue weighted by Crippen LogP contribution is 2.32. The van der Waals surface area contributed by atoms with E-state index in [1.807, 2.05) is 36.6 Å². The van der Waals surface area contributed by atoms with Crippen LogP contribution < -0.4 is 4.74 Å². The number of hydrogen-bond acceptors (Lipinski definition) is 3. The van der Waals surface area contributed by atoms with E-state index in [1.165, 1.54) is 0 Å². The number of carbonyl (C=O) groups is 2. The van der Waals surface area contributed by atoms with Gasteiger partial charge in [-0.25, -0.2) is 0 Å². The van der Waals surface area contributed by atoms with E-state index in [1.54, 1.807) is 7.11 Å². The van der Waals surface area contributed by atoms with Gasteiger partial charge in [0.25, 0.3) is 5.91 Å². The first-order valence-electron chi connectivity index (χ1n) is 9.17. The van der Waals surface area contributed by atoms with Crippen LogP contribution in [0.25, 0.3) is 0 Å². The van der Waals surface area contributed by atoms with Crippen molar-refractivity contribution in [3.63, 3.8) is 0 Å². The van der Waals surface area contributed by atoms with E-state index in [4.69, 9.17) is 4.74 Å². The fourth-order valence-electron chi connectivity index (χ4n) is 3.69. The Morgan fingerprint density at radius 1 is 1.00 bits per heavy atom. The van der Waals surface area contributed by atoms with Crippen LogP contribution in [0, 0.1) is 26.7 Å². The summed E-state index contributed by atoms with van der Waals surface area (Å²) < 4.78 is 5.46. The largest absolute Gasteiger partial charge is 0.496 e. The molecule has 1 aliphatic carbocycles. The Balaban J connectivity index is 1.76. The molecule has 2 fully saturated rings. The highest BCUT2D eigenvalue weighted by molar-refractivity contribution is 5.96. The maximum absolute atomic E-state index is 13.1. The van der Waals surface area contributed by atoms with Crippen molar-refractivity contribution >= 4 is 11.8 Å². The second-order valence-corrected chi connectivity index (χ2v) is 7.27. The monoisotopic (exact) mass is 344 g/mol. The Labute approximate surface area is 149 Å². The van der Waals surface area contributed by atoms with Crippen molar-refractivity contribution in [3.8, 4) is 5.75 Å². The summed E-state index contributed by atoms with van der Waals surface area (Å²) >= 11 is 0. The van der Waals surface area contributed by atoms with E-state index < -0.39 is 0 Å². The van der Waals surface area contributed by atoms with Gasteiger partial charge in [-0.15, -0.1) is 0 Å². The highest BCUT2D eigenvalue weighted by Gasteiger charge is 2.34. The summed E-state index contributed by atoms with van der Waals surface area (Å²) in [5, 5.41) is 0. The molecule has 0 atom stereocenters. The molecule has 136 valence electrons. The number of nitrogens with zero attached hydrogens (tertiary/aromatic N) is 2. The first-order valence-corrected chi connectivity index (χ1v) is 9.17. The van der Waals surface area contributed by atoms with E-state index in [9.17, 15) is 9.59 Å². The van der Waals surface area contributed by atoms with Crippen LogP contribution in [0.4, 0.5) is 0 Å². The number of ether oxygens (including phenoxy) is 1. The fourth-order valence-corrected chi connectivity index (χ4v) is 3.69. The van der Waals surface area contributed by atoms with Gasteiger partial charge in [-0.05, 0) is 62.8 Å². The van der Waals surface area contributed by atoms with Crippen LogP contribution in [-0.4, -0.2) is 54.9 Å². The van der Waals surface area contributed by atoms with Gasteiger partial charge in [0.15, 0.2) is 0 Å². The maximum atomic E-state index is 13.1. The zero-order valence-electron chi connectivity index (χ0n) is 15.7. The summed E-state index contributed by atoms with van der Waals surface area (Å²) in [4.78, 5) is 29.2. The molecule has 0 aromatic heterocycles. The summed E-state index contributed by atoms with van der Waals surface area (Å²) in [6.07, 6.45) is 2.90. The molecule has 5 heteroatoms. The lowest BCUT2D eigenvalue weighted by molar-refractivity contribution is -0.132. The Kier molecular flexibility index (Phi) is 5.02. The van der Waals surface area contributed by atoms with Gasteiger partial charge in [-0.3, -0.25) is 9.59 Å². The third-order valence-corrected chi connectivity index (χ3v) is 5.48. The lowest BCUT2D eigenvalue weighted by Gasteiger charge is -2.24. The molecule has 1 saturated heterocycles. The highest BCUT2D eigenvalue weighted by atomic mass is 16.5. The third-order valence-electron chi connectivity index (χ3n) is 5.48. The Morgan fingerprint density at radius 2 is 1.64 bits per heavy atom. The zero-order valence-corrected chi connectivity index (χ0v) is 15.7. The van der Waals surface area contributed by atoms with E-state index >= 15 is 0 Å². The standard InChI is InChI=1S/C20H28N2O3/c1-13-12-17(14(2)15(3)18(13)25-4)20(24)22-9-5-8-21(10-11-22)19(23)16-6-7-16/h12,16H,5-11H2,1-4H3. The Morgan fingerprint density at radius 3 is 2.28 bits per heavy atom. The SMILES string of the molecule is COc1c(C)cc(C(=O)N2CCCN(C(=O)C3CC3)CC2)c(C)c1C. The molecule has 0 radical (unpaired) electrons. The van der Waals surface area contributed by atoms with Crippen LogP contribution >= 0.6 is 0 Å². The third kappa shape index (κ3) is 3.51. The number of methoxy groups -OCH3 is 1. The Bertz CT molecular complexity index is 695. The van der Waals surface area contributed by atoms with Gasteiger partial charge < -0.3 is 14.5 Å². The molecular formula is C20H28N2O3. The average Bonchev–Trinajstić information content (AvgIpc) is 3.44. The molecule has 2 amide bonds. The van der Waals surface area contributed by atoms with E-state index in [2.05, 4.69) is 0 Å². The fraction of sp³-hybridized carbons (Fsp3) is 0.600. The van der Waals surface area contributed by atoms with Gasteiger partial charge >= 0.3 is 0 Å². The topological polar surface area (TPSA) is 49.9 Å². The smallest absolute Gasteiger partial charge is 0.254 e. The first kappa shape index (κ1) is 17.8. The molecule has 0 unspecified atom stereocenters. The van der Waals surface area contributed by atoms with E-state index in [0.717, 1.165) is 53.8 Å². The van der Waals surface area contributed by atoms with Gasteiger partial charge in [-0.1, -0.05) is 0 Å². The quantitative estimate of drug-likeness (QED) is 0.847. The second-order valence-electron chi connectivity index (χ2n) is 7.27. The first-order chi connectivity index (χ1) is 11.9. The molecule has 1 aromatic carbocycles. The van der Waals surface area contributed by atoms with Crippen molar-refractivity contribution in [1.29, 1.82) is 0 Å². The molecule has 3 rings (SSSR count). The van der Waals surface area contributed by atoms with Crippen LogP contribution in [-0.2, 0) is 4.79 Å². The molecule has 1 aliphatic heterocycles. The van der Waals surface area contributed by atoms with Gasteiger partial charge in [0.05, 0.1) is 7.11 Å². The van der Waals surface area contributed by atoms with Crippen LogP contribution in [0.5, 0.6) is 5.75 Å². The summed E-state index contributed by atoms with van der Waals surface area (Å²) in [6.45, 7) is 8.67. The van der Waals surface area contributed by atoms with Crippen LogP contribution in [0.15, 0.2) is 6.07 Å². The summed E-state index contributed by atoms with van der Waals surface area (Å²) in [6, 6.07) is 1.93. The molecule has 0 N–H and O–H groups in total. The predicted octanol–water partition coefficient (Wildman–Crippen LogP) is 2.70. The minimum Gasteiger partial charge on any atom is -0.496 e. The molecule has 1 aromatic rings. The van der Waals surface area contributed by atoms with Gasteiger partial charge in [0.1, 0.15) is 5.75 Å². The summed E-state index contributed by atoms with van der Waals surface area (Å²) in [5.74, 6) is 1.44. The number of amides is 2. The minimum atomic E-state index is 0.0621. The van der Waals surface area contributed by atoms with Gasteiger partial charge in [-0.2, -0.15) is 0 Å². The number of hydrogen-bond donors (Lipinski definition) is 0. The average molecular weight is 344 g/mol. The van der Waals surface area contributed by atoms with Crippen molar-refractivity contribution in [2.24, 2.45) is 5.92 Å². The Hall–Kier alpha value is -2.04. The molecule has 5 nitrogen and oxygen atoms in total. The van der Waals surface area contributed by atoms with Crippen molar-refractivity contribution in [1.82, 2.24) is 9.80 Å². The van der Waals surface area contributed by atoms with Crippen LogP contribution in [0.1, 0.15) is 46.3 Å². The molecule has 0 bridgehead atoms. The zero-order chi connectivity index (χ0) is 18.1. The van der Waals surface area contributed by atoms with Crippen LogP contribution in [0.2, 0.25) is 0 Å². The predicted molar refractivity (Wildman–Crippen MR) is 97.0 cm³/mol. The molecule has 1 saturated carbocycles. The number of aryl methyl sites for hydroxylation is 1. The van der Waals surface area contributed by atoms with Gasteiger partial charge in [0, 0.05) is 37.7 Å². The summed E-state index contributed by atoms with van der Waals surface area (Å²) in [7, 11) is 1.66. The molecule has 25 heavy (non-hydrogen) atoms. The van der Waals surface area contributed by atoms with Crippen molar-refractivity contribution in [3.05, 3.63) is 28.3 Å². The number of benzene rings is 1. The lowest BCUT2D eigenvalue weighted by atomic mass is 9.97. The van der Waals surface area contributed by atoms with Crippen molar-refractivity contribution in [2.75, 3.05) is 33.3 Å². The molecular weight excluding hydrogens is 316 g/mol. The maximum Gasteiger partial charge on any atom is 0.254 e. The number of rotatable bonds is 3. The lowest BCUT2D eigenvalue weighted by Crippen LogP contribution is -2.38. The van der Waals surface area contributed by atoms with Crippen molar-refractivity contribution in [2.45, 2.75) is 40.0 Å². The molecule has 1 heterocycles. The molecule has 2 aliphatic rings. The van der Waals surface area contributed by atoms with Gasteiger partial charge in [0.2, 0.25) is 5.91 Å². The van der Waals surface area contributed by atoms with E-state index in [-0.39, 0.29) is 17.7 Å². The second kappa shape index (κ2) is 7.06. The van der Waals surface area contributed by atoms with Crippen molar-refractivity contribution < 1.29 is 14.3 Å². The van der Waals surface area contributed by atoms with E-state index in [0.29, 0.717) is 19.6 Å². The number of carbonyl (C=O) groups excluding carboxylic acids is 2. The molecule has 0 spiro atoms. The normalized spacial score (nSPS) is 18.1. The van der Waals surface area contributed by atoms with Crippen LogP contribution in [0.3, 0.4) is 0 Å².